The topological polar surface area (TPSA) is 18.5 Å². The Labute approximate surface area is 126 Å². The van der Waals surface area contributed by atoms with Gasteiger partial charge in [0, 0.05) is 17.2 Å². The number of benzene rings is 2. The van der Waals surface area contributed by atoms with Crippen LogP contribution in [-0.2, 0) is 0 Å². The molecule has 0 amide bonds. The van der Waals surface area contributed by atoms with Gasteiger partial charge in [-0.25, -0.2) is 4.39 Å². The zero-order chi connectivity index (χ0) is 14.7. The van der Waals surface area contributed by atoms with Gasteiger partial charge in [-0.3, -0.25) is 0 Å². The van der Waals surface area contributed by atoms with Gasteiger partial charge in [-0.1, -0.05) is 39.7 Å². The lowest BCUT2D eigenvalue weighted by Crippen LogP contribution is -2.00. The molecule has 106 valence electrons. The smallest absolute Gasteiger partial charge is 0.127 e. The molecule has 20 heavy (non-hydrogen) atoms. The largest absolute Gasteiger partial charge is 0.497 e. The standard InChI is InChI=1S/C16H16BrFO2/c1-10-4-7-14(18)13(8-10)16(17)12-6-5-11(19-2)9-15(12)20-3/h4-9,16H,1-3H3. The van der Waals surface area contributed by atoms with E-state index in [9.17, 15) is 4.39 Å². The molecule has 0 aromatic heterocycles. The second-order valence-electron chi connectivity index (χ2n) is 4.50. The number of rotatable bonds is 4. The fourth-order valence-corrected chi connectivity index (χ4v) is 2.78. The van der Waals surface area contributed by atoms with Crippen LogP contribution < -0.4 is 9.47 Å². The maximum Gasteiger partial charge on any atom is 0.127 e. The minimum absolute atomic E-state index is 0.240. The van der Waals surface area contributed by atoms with E-state index >= 15 is 0 Å². The average molecular weight is 339 g/mol. The molecule has 2 aromatic rings. The molecule has 0 saturated carbocycles. The Morgan fingerprint density at radius 3 is 2.40 bits per heavy atom. The zero-order valence-corrected chi connectivity index (χ0v) is 13.2. The van der Waals surface area contributed by atoms with E-state index in [1.54, 1.807) is 26.4 Å². The van der Waals surface area contributed by atoms with Crippen LogP contribution in [0.4, 0.5) is 4.39 Å². The van der Waals surface area contributed by atoms with Crippen LogP contribution in [0.15, 0.2) is 36.4 Å². The van der Waals surface area contributed by atoms with Gasteiger partial charge in [0.25, 0.3) is 0 Å². The fourth-order valence-electron chi connectivity index (χ4n) is 2.05. The van der Waals surface area contributed by atoms with Gasteiger partial charge in [0.05, 0.1) is 19.0 Å². The summed E-state index contributed by atoms with van der Waals surface area (Å²) in [5, 5.41) is 0. The molecule has 0 spiro atoms. The first-order valence-electron chi connectivity index (χ1n) is 6.19. The van der Waals surface area contributed by atoms with E-state index in [0.717, 1.165) is 11.1 Å². The molecule has 1 atom stereocenters. The third-order valence-corrected chi connectivity index (χ3v) is 4.12. The predicted molar refractivity (Wildman–Crippen MR) is 81.5 cm³/mol. The van der Waals surface area contributed by atoms with Gasteiger partial charge < -0.3 is 9.47 Å². The summed E-state index contributed by atoms with van der Waals surface area (Å²) < 4.78 is 24.5. The van der Waals surface area contributed by atoms with E-state index in [1.165, 1.54) is 6.07 Å². The molecule has 2 aromatic carbocycles. The summed E-state index contributed by atoms with van der Waals surface area (Å²) in [6.45, 7) is 1.94. The second-order valence-corrected chi connectivity index (χ2v) is 5.41. The molecule has 0 heterocycles. The molecule has 0 N–H and O–H groups in total. The maximum atomic E-state index is 14.0. The molecule has 4 heteroatoms. The highest BCUT2D eigenvalue weighted by Gasteiger charge is 2.19. The molecule has 1 unspecified atom stereocenters. The van der Waals surface area contributed by atoms with Crippen molar-refractivity contribution in [2.75, 3.05) is 14.2 Å². The summed E-state index contributed by atoms with van der Waals surface area (Å²) >= 11 is 3.56. The minimum Gasteiger partial charge on any atom is -0.497 e. The number of alkyl halides is 1. The number of aryl methyl sites for hydroxylation is 1. The highest BCUT2D eigenvalue weighted by molar-refractivity contribution is 9.09. The van der Waals surface area contributed by atoms with Crippen molar-refractivity contribution in [2.24, 2.45) is 0 Å². The lowest BCUT2D eigenvalue weighted by atomic mass is 10.0. The number of methoxy groups -OCH3 is 2. The normalized spacial score (nSPS) is 12.1. The molecule has 0 radical (unpaired) electrons. The van der Waals surface area contributed by atoms with Crippen LogP contribution in [0.2, 0.25) is 0 Å². The second kappa shape index (κ2) is 6.27. The summed E-state index contributed by atoms with van der Waals surface area (Å²) in [6.07, 6.45) is 0. The van der Waals surface area contributed by atoms with Crippen molar-refractivity contribution in [3.05, 3.63) is 58.9 Å². The van der Waals surface area contributed by atoms with E-state index in [-0.39, 0.29) is 10.6 Å². The van der Waals surface area contributed by atoms with E-state index < -0.39 is 0 Å². The number of ether oxygens (including phenoxy) is 2. The molecule has 0 aliphatic carbocycles. The van der Waals surface area contributed by atoms with Crippen LogP contribution in [0.5, 0.6) is 11.5 Å². The first-order valence-corrected chi connectivity index (χ1v) is 7.10. The van der Waals surface area contributed by atoms with Gasteiger partial charge in [0.1, 0.15) is 17.3 Å². The van der Waals surface area contributed by atoms with Crippen molar-refractivity contribution >= 4 is 15.9 Å². The van der Waals surface area contributed by atoms with Crippen molar-refractivity contribution in [3.63, 3.8) is 0 Å². The Morgan fingerprint density at radius 2 is 1.75 bits per heavy atom. The van der Waals surface area contributed by atoms with E-state index in [2.05, 4.69) is 15.9 Å². The summed E-state index contributed by atoms with van der Waals surface area (Å²) in [7, 11) is 3.19. The molecule has 0 bridgehead atoms. The summed E-state index contributed by atoms with van der Waals surface area (Å²) in [6, 6.07) is 10.6. The maximum absolute atomic E-state index is 14.0. The Bertz CT molecular complexity index is 613. The molecule has 2 nitrogen and oxygen atoms in total. The zero-order valence-electron chi connectivity index (χ0n) is 11.6. The quantitative estimate of drug-likeness (QED) is 0.756. The van der Waals surface area contributed by atoms with Crippen molar-refractivity contribution in [1.29, 1.82) is 0 Å². The van der Waals surface area contributed by atoms with Crippen LogP contribution in [0.3, 0.4) is 0 Å². The van der Waals surface area contributed by atoms with Crippen LogP contribution >= 0.6 is 15.9 Å². The first-order chi connectivity index (χ1) is 9.56. The Balaban J connectivity index is 2.47. The Morgan fingerprint density at radius 1 is 1.00 bits per heavy atom. The minimum atomic E-state index is -0.275. The molecular weight excluding hydrogens is 323 g/mol. The van der Waals surface area contributed by atoms with Crippen molar-refractivity contribution in [2.45, 2.75) is 11.8 Å². The number of hydrogen-bond donors (Lipinski definition) is 0. The third-order valence-electron chi connectivity index (χ3n) is 3.14. The average Bonchev–Trinajstić information content (AvgIpc) is 2.48. The predicted octanol–water partition coefficient (Wildman–Crippen LogP) is 4.64. The number of halogens is 2. The highest BCUT2D eigenvalue weighted by atomic mass is 79.9. The van der Waals surface area contributed by atoms with E-state index in [1.807, 2.05) is 25.1 Å². The van der Waals surface area contributed by atoms with Crippen molar-refractivity contribution in [3.8, 4) is 11.5 Å². The third kappa shape index (κ3) is 2.96. The van der Waals surface area contributed by atoms with Gasteiger partial charge in [0.2, 0.25) is 0 Å². The van der Waals surface area contributed by atoms with Gasteiger partial charge in [-0.2, -0.15) is 0 Å². The van der Waals surface area contributed by atoms with Gasteiger partial charge >= 0.3 is 0 Å². The molecule has 0 saturated heterocycles. The monoisotopic (exact) mass is 338 g/mol. The van der Waals surface area contributed by atoms with Crippen molar-refractivity contribution in [1.82, 2.24) is 0 Å². The van der Waals surface area contributed by atoms with Crippen LogP contribution in [0, 0.1) is 12.7 Å². The SMILES string of the molecule is COc1ccc(C(Br)c2cc(C)ccc2F)c(OC)c1. The van der Waals surface area contributed by atoms with E-state index in [0.29, 0.717) is 17.1 Å². The molecule has 0 fully saturated rings. The van der Waals surface area contributed by atoms with Gasteiger partial charge in [-0.15, -0.1) is 0 Å². The molecule has 0 aliphatic heterocycles. The summed E-state index contributed by atoms with van der Waals surface area (Å²) in [4.78, 5) is -0.275. The van der Waals surface area contributed by atoms with Crippen LogP contribution in [0.1, 0.15) is 21.5 Å². The van der Waals surface area contributed by atoms with Gasteiger partial charge in [0.15, 0.2) is 0 Å². The summed E-state index contributed by atoms with van der Waals surface area (Å²) in [5.74, 6) is 1.12. The van der Waals surface area contributed by atoms with Crippen LogP contribution in [-0.4, -0.2) is 14.2 Å². The van der Waals surface area contributed by atoms with Gasteiger partial charge in [-0.05, 0) is 19.1 Å². The van der Waals surface area contributed by atoms with Crippen LogP contribution in [0.25, 0.3) is 0 Å². The Kier molecular flexibility index (Phi) is 4.65. The molecular formula is C16H16BrFO2. The summed E-state index contributed by atoms with van der Waals surface area (Å²) in [5.41, 5.74) is 2.46. The highest BCUT2D eigenvalue weighted by Crippen LogP contribution is 2.39. The Hall–Kier alpha value is -1.55. The lowest BCUT2D eigenvalue weighted by Gasteiger charge is -2.16. The first kappa shape index (κ1) is 14.9. The number of hydrogen-bond acceptors (Lipinski definition) is 2. The van der Waals surface area contributed by atoms with E-state index in [4.69, 9.17) is 9.47 Å². The van der Waals surface area contributed by atoms with Crippen molar-refractivity contribution < 1.29 is 13.9 Å². The fraction of sp³-hybridized carbons (Fsp3) is 0.250. The lowest BCUT2D eigenvalue weighted by molar-refractivity contribution is 0.391. The molecule has 2 rings (SSSR count). The molecule has 0 aliphatic rings.